The Labute approximate surface area is 80.0 Å². The molecule has 74 valence electrons. The second-order valence-corrected chi connectivity index (χ2v) is 3.25. The Kier molecular flexibility index (Phi) is 2.05. The fraction of sp³-hybridized carbons (Fsp3) is 0.375. The van der Waals surface area contributed by atoms with Gasteiger partial charge >= 0.3 is 5.69 Å². The fourth-order valence-electron chi connectivity index (χ4n) is 1.27. The van der Waals surface area contributed by atoms with E-state index < -0.39 is 0 Å². The zero-order chi connectivity index (χ0) is 10.1. The van der Waals surface area contributed by atoms with E-state index in [0.717, 1.165) is 0 Å². The monoisotopic (exact) mass is 193 g/mol. The summed E-state index contributed by atoms with van der Waals surface area (Å²) in [4.78, 5) is 15.5. The summed E-state index contributed by atoms with van der Waals surface area (Å²) in [6, 6.07) is -0.0921. The zero-order valence-electron chi connectivity index (χ0n) is 7.79. The highest BCUT2D eigenvalue weighted by atomic mass is 16.2. The highest BCUT2D eigenvalue weighted by Gasteiger charge is 2.06. The molecule has 14 heavy (non-hydrogen) atoms. The van der Waals surface area contributed by atoms with Crippen molar-refractivity contribution in [3.63, 3.8) is 0 Å². The Morgan fingerprint density at radius 3 is 3.07 bits per heavy atom. The van der Waals surface area contributed by atoms with Crippen LogP contribution in [0.4, 0.5) is 0 Å². The third-order valence-electron chi connectivity index (χ3n) is 1.85. The van der Waals surface area contributed by atoms with Crippen molar-refractivity contribution >= 4 is 5.65 Å². The Hall–Kier alpha value is -1.69. The maximum absolute atomic E-state index is 11.6. The van der Waals surface area contributed by atoms with Gasteiger partial charge in [-0.3, -0.25) is 4.98 Å². The van der Waals surface area contributed by atoms with Crippen molar-refractivity contribution in [2.24, 2.45) is 5.73 Å². The van der Waals surface area contributed by atoms with E-state index in [1.807, 2.05) is 6.92 Å². The van der Waals surface area contributed by atoms with E-state index in [1.54, 1.807) is 18.6 Å². The molecule has 6 nitrogen and oxygen atoms in total. The summed E-state index contributed by atoms with van der Waals surface area (Å²) in [7, 11) is 0. The van der Waals surface area contributed by atoms with Crippen LogP contribution in [0.3, 0.4) is 0 Å². The van der Waals surface area contributed by atoms with Crippen molar-refractivity contribution in [2.75, 3.05) is 0 Å². The van der Waals surface area contributed by atoms with Crippen LogP contribution >= 0.6 is 0 Å². The molecular weight excluding hydrogens is 182 g/mol. The maximum Gasteiger partial charge on any atom is 0.350 e. The summed E-state index contributed by atoms with van der Waals surface area (Å²) >= 11 is 0. The van der Waals surface area contributed by atoms with E-state index in [-0.39, 0.29) is 11.7 Å². The van der Waals surface area contributed by atoms with Crippen molar-refractivity contribution in [2.45, 2.75) is 19.5 Å². The molecule has 1 atom stereocenters. The van der Waals surface area contributed by atoms with Gasteiger partial charge in [-0.2, -0.15) is 0 Å². The van der Waals surface area contributed by atoms with Gasteiger partial charge in [-0.05, 0) is 6.92 Å². The second kappa shape index (κ2) is 3.22. The van der Waals surface area contributed by atoms with E-state index >= 15 is 0 Å². The average Bonchev–Trinajstić information content (AvgIpc) is 2.44. The summed E-state index contributed by atoms with van der Waals surface area (Å²) in [6.07, 6.45) is 4.67. The standard InChI is InChI=1S/C8H11N5O/c1-6(9)5-13-8(14)12-3-2-10-4-7(12)11-13/h2-4,6H,5,9H2,1H3/t6-/m0/s1. The smallest absolute Gasteiger partial charge is 0.326 e. The molecule has 0 saturated heterocycles. The predicted octanol–water partition coefficient (Wildman–Crippen LogP) is -0.762. The van der Waals surface area contributed by atoms with Gasteiger partial charge in [0.05, 0.1) is 12.7 Å². The first kappa shape index (κ1) is 8.89. The van der Waals surface area contributed by atoms with Gasteiger partial charge in [0.2, 0.25) is 0 Å². The number of rotatable bonds is 2. The van der Waals surface area contributed by atoms with Crippen LogP contribution in [0.5, 0.6) is 0 Å². The van der Waals surface area contributed by atoms with Gasteiger partial charge in [0.15, 0.2) is 5.65 Å². The molecule has 0 aliphatic rings. The minimum absolute atomic E-state index is 0.0921. The summed E-state index contributed by atoms with van der Waals surface area (Å²) in [5.74, 6) is 0. The van der Waals surface area contributed by atoms with Crippen LogP contribution in [-0.4, -0.2) is 25.2 Å². The summed E-state index contributed by atoms with van der Waals surface area (Å²) < 4.78 is 2.79. The fourth-order valence-corrected chi connectivity index (χ4v) is 1.27. The summed E-state index contributed by atoms with van der Waals surface area (Å²) in [5, 5.41) is 4.08. The van der Waals surface area contributed by atoms with Crippen LogP contribution in [0, 0.1) is 0 Å². The van der Waals surface area contributed by atoms with Crippen molar-refractivity contribution in [1.29, 1.82) is 0 Å². The molecule has 6 heteroatoms. The molecule has 0 amide bonds. The molecule has 2 N–H and O–H groups in total. The number of fused-ring (bicyclic) bond motifs is 1. The van der Waals surface area contributed by atoms with Crippen LogP contribution in [0.1, 0.15) is 6.92 Å². The highest BCUT2D eigenvalue weighted by molar-refractivity contribution is 5.31. The van der Waals surface area contributed by atoms with E-state index in [9.17, 15) is 4.79 Å². The number of hydrogen-bond acceptors (Lipinski definition) is 4. The van der Waals surface area contributed by atoms with Crippen molar-refractivity contribution in [1.82, 2.24) is 19.2 Å². The molecule has 2 rings (SSSR count). The first-order valence-corrected chi connectivity index (χ1v) is 4.33. The van der Waals surface area contributed by atoms with Gasteiger partial charge in [-0.1, -0.05) is 0 Å². The molecule has 0 spiro atoms. The van der Waals surface area contributed by atoms with E-state index in [0.29, 0.717) is 12.2 Å². The largest absolute Gasteiger partial charge is 0.350 e. The Balaban J connectivity index is 2.57. The van der Waals surface area contributed by atoms with Crippen LogP contribution in [0.2, 0.25) is 0 Å². The molecule has 0 fully saturated rings. The van der Waals surface area contributed by atoms with Gasteiger partial charge in [0, 0.05) is 18.4 Å². The van der Waals surface area contributed by atoms with Gasteiger partial charge in [0.25, 0.3) is 0 Å². The average molecular weight is 193 g/mol. The first-order valence-electron chi connectivity index (χ1n) is 4.33. The molecule has 0 radical (unpaired) electrons. The maximum atomic E-state index is 11.6. The summed E-state index contributed by atoms with van der Waals surface area (Å²) in [6.45, 7) is 2.25. The molecule has 0 bridgehead atoms. The predicted molar refractivity (Wildman–Crippen MR) is 50.9 cm³/mol. The first-order chi connectivity index (χ1) is 6.68. The molecular formula is C8H11N5O. The van der Waals surface area contributed by atoms with Gasteiger partial charge < -0.3 is 5.73 Å². The van der Waals surface area contributed by atoms with Gasteiger partial charge in [-0.15, -0.1) is 5.10 Å². The molecule has 0 aromatic carbocycles. The molecule has 0 saturated carbocycles. The van der Waals surface area contributed by atoms with Crippen LogP contribution in [-0.2, 0) is 6.54 Å². The van der Waals surface area contributed by atoms with Gasteiger partial charge in [0.1, 0.15) is 0 Å². The lowest BCUT2D eigenvalue weighted by Gasteiger charge is -2.01. The second-order valence-electron chi connectivity index (χ2n) is 3.25. The lowest BCUT2D eigenvalue weighted by atomic mass is 10.4. The summed E-state index contributed by atoms with van der Waals surface area (Å²) in [5.41, 5.74) is 5.95. The van der Waals surface area contributed by atoms with Crippen LogP contribution in [0.25, 0.3) is 5.65 Å². The Bertz CT molecular complexity index is 498. The molecule has 2 aromatic heterocycles. The number of nitrogens with zero attached hydrogens (tertiary/aromatic N) is 4. The SMILES string of the molecule is C[C@H](N)Cn1nc2cnccn2c1=O. The number of aromatic nitrogens is 4. The minimum atomic E-state index is -0.181. The van der Waals surface area contributed by atoms with E-state index in [2.05, 4.69) is 10.1 Å². The number of hydrogen-bond donors (Lipinski definition) is 1. The normalized spacial score (nSPS) is 13.3. The third-order valence-corrected chi connectivity index (χ3v) is 1.85. The highest BCUT2D eigenvalue weighted by Crippen LogP contribution is 1.92. The molecule has 0 unspecified atom stereocenters. The quantitative estimate of drug-likeness (QED) is 0.680. The van der Waals surface area contributed by atoms with Gasteiger partial charge in [-0.25, -0.2) is 13.9 Å². The van der Waals surface area contributed by atoms with Crippen molar-refractivity contribution in [3.8, 4) is 0 Å². The van der Waals surface area contributed by atoms with Crippen molar-refractivity contribution in [3.05, 3.63) is 29.1 Å². The lowest BCUT2D eigenvalue weighted by Crippen LogP contribution is -2.30. The third kappa shape index (κ3) is 1.39. The molecule has 2 heterocycles. The van der Waals surface area contributed by atoms with E-state index in [4.69, 9.17) is 5.73 Å². The van der Waals surface area contributed by atoms with E-state index in [1.165, 1.54) is 9.08 Å². The zero-order valence-corrected chi connectivity index (χ0v) is 7.79. The van der Waals surface area contributed by atoms with Crippen LogP contribution < -0.4 is 11.4 Å². The minimum Gasteiger partial charge on any atom is -0.326 e. The molecule has 0 aliphatic carbocycles. The molecule has 2 aromatic rings. The topological polar surface area (TPSA) is 78.2 Å². The Morgan fingerprint density at radius 2 is 2.43 bits per heavy atom. The Morgan fingerprint density at radius 1 is 1.64 bits per heavy atom. The molecule has 0 aliphatic heterocycles. The lowest BCUT2D eigenvalue weighted by molar-refractivity contribution is 0.523. The van der Waals surface area contributed by atoms with Crippen molar-refractivity contribution < 1.29 is 0 Å². The van der Waals surface area contributed by atoms with Crippen LogP contribution in [0.15, 0.2) is 23.4 Å². The number of nitrogens with two attached hydrogens (primary N) is 1.